The minimum absolute atomic E-state index is 0.345. The smallest absolute Gasteiger partial charge is 0.0967 e. The first-order chi connectivity index (χ1) is 6.50. The highest BCUT2D eigenvalue weighted by molar-refractivity contribution is 7.12. The van der Waals surface area contributed by atoms with Gasteiger partial charge in [0.1, 0.15) is 0 Å². The Labute approximate surface area is 89.9 Å². The SMILES string of the molecule is Cc1cc(CN=C(N)C(C)C)sc1C. The van der Waals surface area contributed by atoms with Crippen LogP contribution in [0, 0.1) is 19.8 Å². The molecule has 3 heteroatoms. The second-order valence-corrected chi connectivity index (χ2v) is 5.19. The normalized spacial score (nSPS) is 12.5. The minimum atomic E-state index is 0.345. The lowest BCUT2D eigenvalue weighted by molar-refractivity contribution is 0.857. The zero-order valence-corrected chi connectivity index (χ0v) is 10.1. The fourth-order valence-corrected chi connectivity index (χ4v) is 2.06. The zero-order valence-electron chi connectivity index (χ0n) is 9.29. The first kappa shape index (κ1) is 11.2. The van der Waals surface area contributed by atoms with Crippen molar-refractivity contribution in [1.29, 1.82) is 0 Å². The number of hydrogen-bond acceptors (Lipinski definition) is 2. The van der Waals surface area contributed by atoms with E-state index in [1.54, 1.807) is 11.3 Å². The molecule has 0 atom stereocenters. The molecule has 78 valence electrons. The lowest BCUT2D eigenvalue weighted by atomic mass is 10.2. The van der Waals surface area contributed by atoms with E-state index in [9.17, 15) is 0 Å². The van der Waals surface area contributed by atoms with E-state index in [4.69, 9.17) is 5.73 Å². The Morgan fingerprint density at radius 2 is 2.14 bits per heavy atom. The highest BCUT2D eigenvalue weighted by Gasteiger charge is 2.02. The van der Waals surface area contributed by atoms with Crippen LogP contribution in [-0.4, -0.2) is 5.84 Å². The number of nitrogens with two attached hydrogens (primary N) is 1. The van der Waals surface area contributed by atoms with Crippen molar-refractivity contribution < 1.29 is 0 Å². The lowest BCUT2D eigenvalue weighted by Crippen LogP contribution is -2.18. The second-order valence-electron chi connectivity index (χ2n) is 3.85. The molecule has 0 unspecified atom stereocenters. The van der Waals surface area contributed by atoms with Crippen molar-refractivity contribution >= 4 is 17.2 Å². The summed E-state index contributed by atoms with van der Waals surface area (Å²) in [6.45, 7) is 9.11. The third-order valence-corrected chi connectivity index (χ3v) is 3.36. The van der Waals surface area contributed by atoms with Gasteiger partial charge >= 0.3 is 0 Å². The summed E-state index contributed by atoms with van der Waals surface area (Å²) in [7, 11) is 0. The van der Waals surface area contributed by atoms with Gasteiger partial charge in [-0.05, 0) is 25.5 Å². The number of aryl methyl sites for hydroxylation is 2. The molecule has 14 heavy (non-hydrogen) atoms. The van der Waals surface area contributed by atoms with Crippen molar-refractivity contribution in [2.24, 2.45) is 16.6 Å². The average Bonchev–Trinajstić information content (AvgIpc) is 2.42. The van der Waals surface area contributed by atoms with Crippen LogP contribution >= 0.6 is 11.3 Å². The summed E-state index contributed by atoms with van der Waals surface area (Å²) in [5.41, 5.74) is 7.11. The fraction of sp³-hybridized carbons (Fsp3) is 0.545. The second kappa shape index (κ2) is 4.60. The molecule has 0 saturated carbocycles. The Morgan fingerprint density at radius 1 is 1.50 bits per heavy atom. The number of aliphatic imine (C=N–C) groups is 1. The Kier molecular flexibility index (Phi) is 3.69. The molecule has 1 aromatic rings. The Balaban J connectivity index is 2.66. The number of rotatable bonds is 3. The molecule has 0 radical (unpaired) electrons. The van der Waals surface area contributed by atoms with E-state index in [0.717, 1.165) is 12.4 Å². The fourth-order valence-electron chi connectivity index (χ4n) is 1.08. The van der Waals surface area contributed by atoms with Crippen LogP contribution in [0.2, 0.25) is 0 Å². The summed E-state index contributed by atoms with van der Waals surface area (Å²) < 4.78 is 0. The molecule has 1 heterocycles. The Hall–Kier alpha value is -0.830. The van der Waals surface area contributed by atoms with E-state index in [0.29, 0.717) is 5.92 Å². The van der Waals surface area contributed by atoms with Crippen LogP contribution < -0.4 is 5.73 Å². The average molecular weight is 210 g/mol. The van der Waals surface area contributed by atoms with Gasteiger partial charge in [0.15, 0.2) is 0 Å². The minimum Gasteiger partial charge on any atom is -0.387 e. The Bertz CT molecular complexity index is 318. The van der Waals surface area contributed by atoms with Crippen LogP contribution in [0.15, 0.2) is 11.1 Å². The Morgan fingerprint density at radius 3 is 2.57 bits per heavy atom. The number of hydrogen-bond donors (Lipinski definition) is 1. The molecule has 0 spiro atoms. The molecule has 0 bridgehead atoms. The molecule has 0 aromatic carbocycles. The molecule has 1 aromatic heterocycles. The van der Waals surface area contributed by atoms with Gasteiger partial charge in [-0.25, -0.2) is 0 Å². The van der Waals surface area contributed by atoms with Crippen LogP contribution in [0.4, 0.5) is 0 Å². The van der Waals surface area contributed by atoms with Gasteiger partial charge in [-0.2, -0.15) is 0 Å². The maximum absolute atomic E-state index is 5.76. The predicted molar refractivity (Wildman–Crippen MR) is 64.0 cm³/mol. The predicted octanol–water partition coefficient (Wildman–Crippen LogP) is 2.88. The van der Waals surface area contributed by atoms with Crippen molar-refractivity contribution in [2.75, 3.05) is 0 Å². The lowest BCUT2D eigenvalue weighted by Gasteiger charge is -2.02. The van der Waals surface area contributed by atoms with Gasteiger partial charge in [0.25, 0.3) is 0 Å². The molecule has 0 amide bonds. The molecule has 0 fully saturated rings. The molecule has 2 N–H and O–H groups in total. The molecule has 0 saturated heterocycles. The van der Waals surface area contributed by atoms with Gasteiger partial charge in [-0.3, -0.25) is 4.99 Å². The van der Waals surface area contributed by atoms with Crippen LogP contribution in [0.1, 0.15) is 29.2 Å². The van der Waals surface area contributed by atoms with Gasteiger partial charge in [0, 0.05) is 15.7 Å². The summed E-state index contributed by atoms with van der Waals surface area (Å²) in [4.78, 5) is 7.02. The summed E-state index contributed by atoms with van der Waals surface area (Å²) in [6.07, 6.45) is 0. The first-order valence-corrected chi connectivity index (χ1v) is 5.68. The van der Waals surface area contributed by atoms with Gasteiger partial charge in [0.05, 0.1) is 12.4 Å². The third kappa shape index (κ3) is 2.84. The molecular weight excluding hydrogens is 192 g/mol. The van der Waals surface area contributed by atoms with Crippen LogP contribution in [0.3, 0.4) is 0 Å². The van der Waals surface area contributed by atoms with Crippen LogP contribution in [0.5, 0.6) is 0 Å². The van der Waals surface area contributed by atoms with Crippen molar-refractivity contribution in [3.8, 4) is 0 Å². The summed E-state index contributed by atoms with van der Waals surface area (Å²) >= 11 is 1.81. The van der Waals surface area contributed by atoms with Crippen LogP contribution in [-0.2, 0) is 6.54 Å². The topological polar surface area (TPSA) is 38.4 Å². The molecular formula is C11H18N2S. The maximum Gasteiger partial charge on any atom is 0.0967 e. The molecule has 0 aliphatic carbocycles. The van der Waals surface area contributed by atoms with E-state index in [-0.39, 0.29) is 0 Å². The highest BCUT2D eigenvalue weighted by Crippen LogP contribution is 2.21. The van der Waals surface area contributed by atoms with Gasteiger partial charge in [-0.15, -0.1) is 11.3 Å². The van der Waals surface area contributed by atoms with Crippen molar-refractivity contribution in [1.82, 2.24) is 0 Å². The first-order valence-electron chi connectivity index (χ1n) is 4.86. The largest absolute Gasteiger partial charge is 0.387 e. The summed E-state index contributed by atoms with van der Waals surface area (Å²) in [6, 6.07) is 2.19. The number of nitrogens with zero attached hydrogens (tertiary/aromatic N) is 1. The number of amidine groups is 1. The number of thiophene rings is 1. The van der Waals surface area contributed by atoms with E-state index in [2.05, 4.69) is 38.8 Å². The van der Waals surface area contributed by atoms with E-state index in [1.807, 2.05) is 0 Å². The van der Waals surface area contributed by atoms with E-state index < -0.39 is 0 Å². The van der Waals surface area contributed by atoms with Gasteiger partial charge in [0.2, 0.25) is 0 Å². The standard InChI is InChI=1S/C11H18N2S/c1-7(2)11(12)13-6-10-5-8(3)9(4)14-10/h5,7H,6H2,1-4H3,(H2,12,13). The molecule has 2 nitrogen and oxygen atoms in total. The summed E-state index contributed by atoms with van der Waals surface area (Å²) in [5, 5.41) is 0. The van der Waals surface area contributed by atoms with Gasteiger partial charge in [-0.1, -0.05) is 13.8 Å². The van der Waals surface area contributed by atoms with Crippen molar-refractivity contribution in [3.05, 3.63) is 21.4 Å². The highest BCUT2D eigenvalue weighted by atomic mass is 32.1. The monoisotopic (exact) mass is 210 g/mol. The molecule has 1 rings (SSSR count). The maximum atomic E-state index is 5.76. The zero-order chi connectivity index (χ0) is 10.7. The quantitative estimate of drug-likeness (QED) is 0.604. The van der Waals surface area contributed by atoms with Crippen molar-refractivity contribution in [2.45, 2.75) is 34.2 Å². The van der Waals surface area contributed by atoms with Crippen molar-refractivity contribution in [3.63, 3.8) is 0 Å². The molecule has 0 aliphatic rings. The van der Waals surface area contributed by atoms with Crippen LogP contribution in [0.25, 0.3) is 0 Å². The van der Waals surface area contributed by atoms with Gasteiger partial charge < -0.3 is 5.73 Å². The van der Waals surface area contributed by atoms with E-state index >= 15 is 0 Å². The summed E-state index contributed by atoms with van der Waals surface area (Å²) in [5.74, 6) is 1.09. The molecule has 0 aliphatic heterocycles. The van der Waals surface area contributed by atoms with E-state index in [1.165, 1.54) is 15.3 Å². The third-order valence-electron chi connectivity index (χ3n) is 2.23.